The second-order valence-corrected chi connectivity index (χ2v) is 4.95. The van der Waals surface area contributed by atoms with E-state index >= 15 is 0 Å². The highest BCUT2D eigenvalue weighted by Gasteiger charge is 2.18. The Hall–Kier alpha value is -1.93. The fraction of sp³-hybridized carbons (Fsp3) is 0.167. The molecular weight excluding hydrogens is 291 g/mol. The van der Waals surface area contributed by atoms with E-state index in [4.69, 9.17) is 5.73 Å². The molecule has 2 aromatic rings. The molecule has 0 radical (unpaired) electrons. The van der Waals surface area contributed by atoms with Crippen LogP contribution >= 0.6 is 11.3 Å². The van der Waals surface area contributed by atoms with Crippen LogP contribution in [0, 0.1) is 17.5 Å². The molecule has 0 spiro atoms. The second-order valence-electron chi connectivity index (χ2n) is 4.06. The molecule has 1 aromatic carbocycles. The van der Waals surface area contributed by atoms with Crippen LogP contribution in [0.15, 0.2) is 17.5 Å². The Balaban J connectivity index is 2.23. The highest BCUT2D eigenvalue weighted by Crippen LogP contribution is 2.22. The minimum Gasteiger partial charge on any atom is -0.322 e. The summed E-state index contributed by atoms with van der Waals surface area (Å²) >= 11 is 1.16. The van der Waals surface area contributed by atoms with Crippen molar-refractivity contribution in [3.63, 3.8) is 0 Å². The average molecular weight is 301 g/mol. The van der Waals surface area contributed by atoms with E-state index in [1.54, 1.807) is 6.92 Å². The molecule has 1 amide bonds. The first-order valence-corrected chi connectivity index (χ1v) is 6.43. The molecule has 3 N–H and O–H groups in total. The molecule has 0 fully saturated rings. The summed E-state index contributed by atoms with van der Waals surface area (Å²) in [6, 6.07) is 0.612. The van der Waals surface area contributed by atoms with E-state index in [9.17, 15) is 18.0 Å². The molecule has 1 atom stereocenters. The van der Waals surface area contributed by atoms with Crippen molar-refractivity contribution in [2.75, 3.05) is 5.32 Å². The molecule has 0 bridgehead atoms. The highest BCUT2D eigenvalue weighted by molar-refractivity contribution is 7.09. The van der Waals surface area contributed by atoms with Crippen LogP contribution in [-0.2, 0) is 0 Å². The lowest BCUT2D eigenvalue weighted by atomic mass is 10.2. The Kier molecular flexibility index (Phi) is 4.05. The molecule has 0 aliphatic rings. The number of nitrogens with one attached hydrogen (secondary N) is 1. The van der Waals surface area contributed by atoms with Crippen LogP contribution in [0.1, 0.15) is 28.5 Å². The Bertz CT molecular complexity index is 634. The maximum Gasteiger partial charge on any atom is 0.275 e. The van der Waals surface area contributed by atoms with E-state index < -0.39 is 29.0 Å². The van der Waals surface area contributed by atoms with Gasteiger partial charge in [-0.3, -0.25) is 4.79 Å². The number of thiazole rings is 1. The number of carbonyl (C=O) groups excluding carboxylic acids is 1. The van der Waals surface area contributed by atoms with E-state index in [1.165, 1.54) is 5.38 Å². The molecule has 1 unspecified atom stereocenters. The smallest absolute Gasteiger partial charge is 0.275 e. The predicted octanol–water partition coefficient (Wildman–Crippen LogP) is 2.83. The van der Waals surface area contributed by atoms with Crippen molar-refractivity contribution >= 4 is 22.9 Å². The number of amides is 1. The molecule has 20 heavy (non-hydrogen) atoms. The first kappa shape index (κ1) is 14.5. The summed E-state index contributed by atoms with van der Waals surface area (Å²) in [5.74, 6) is -4.25. The SMILES string of the molecule is CC(N)c1nc(C(=O)Nc2c(F)cc(F)cc2F)cs1. The Morgan fingerprint density at radius 3 is 2.45 bits per heavy atom. The van der Waals surface area contributed by atoms with Gasteiger partial charge < -0.3 is 11.1 Å². The number of nitrogens with zero attached hydrogens (tertiary/aromatic N) is 1. The van der Waals surface area contributed by atoms with Gasteiger partial charge in [0.15, 0.2) is 11.6 Å². The third-order valence-electron chi connectivity index (χ3n) is 2.39. The van der Waals surface area contributed by atoms with Crippen LogP contribution in [0.5, 0.6) is 0 Å². The number of benzene rings is 1. The largest absolute Gasteiger partial charge is 0.322 e. The monoisotopic (exact) mass is 301 g/mol. The summed E-state index contributed by atoms with van der Waals surface area (Å²) in [5, 5.41) is 3.97. The summed E-state index contributed by atoms with van der Waals surface area (Å²) < 4.78 is 39.5. The van der Waals surface area contributed by atoms with Gasteiger partial charge in [0.05, 0.1) is 6.04 Å². The van der Waals surface area contributed by atoms with Crippen molar-refractivity contribution < 1.29 is 18.0 Å². The van der Waals surface area contributed by atoms with Crippen molar-refractivity contribution in [2.45, 2.75) is 13.0 Å². The van der Waals surface area contributed by atoms with Crippen LogP contribution in [-0.4, -0.2) is 10.9 Å². The molecule has 8 heteroatoms. The second kappa shape index (κ2) is 5.59. The molecule has 2 rings (SSSR count). The minimum atomic E-state index is -1.20. The zero-order valence-corrected chi connectivity index (χ0v) is 11.1. The maximum atomic E-state index is 13.4. The van der Waals surface area contributed by atoms with Crippen molar-refractivity contribution in [2.24, 2.45) is 5.73 Å². The highest BCUT2D eigenvalue weighted by atomic mass is 32.1. The van der Waals surface area contributed by atoms with Gasteiger partial charge in [0.2, 0.25) is 0 Å². The molecule has 0 saturated heterocycles. The Morgan fingerprint density at radius 2 is 1.95 bits per heavy atom. The van der Waals surface area contributed by atoms with E-state index in [2.05, 4.69) is 4.98 Å². The lowest BCUT2D eigenvalue weighted by Gasteiger charge is -2.06. The molecule has 0 saturated carbocycles. The third kappa shape index (κ3) is 2.97. The summed E-state index contributed by atoms with van der Waals surface area (Å²) in [6.45, 7) is 1.69. The van der Waals surface area contributed by atoms with Crippen LogP contribution in [0.25, 0.3) is 0 Å². The summed E-state index contributed by atoms with van der Waals surface area (Å²) in [7, 11) is 0. The standard InChI is InChI=1S/C12H10F3N3OS/c1-5(16)12-17-9(4-20-12)11(19)18-10-7(14)2-6(13)3-8(10)15/h2-5H,16H2,1H3,(H,18,19). The first-order valence-electron chi connectivity index (χ1n) is 5.55. The van der Waals surface area contributed by atoms with Gasteiger partial charge in [-0.25, -0.2) is 18.2 Å². The number of hydrogen-bond donors (Lipinski definition) is 2. The van der Waals surface area contributed by atoms with Gasteiger partial charge in [0.25, 0.3) is 5.91 Å². The predicted molar refractivity (Wildman–Crippen MR) is 69.0 cm³/mol. The number of anilines is 1. The molecule has 4 nitrogen and oxygen atoms in total. The van der Waals surface area contributed by atoms with E-state index in [-0.39, 0.29) is 11.7 Å². The van der Waals surface area contributed by atoms with E-state index in [1.807, 2.05) is 5.32 Å². The summed E-state index contributed by atoms with van der Waals surface area (Å²) in [6.07, 6.45) is 0. The van der Waals surface area contributed by atoms with E-state index in [0.29, 0.717) is 17.1 Å². The van der Waals surface area contributed by atoms with Gasteiger partial charge >= 0.3 is 0 Å². The van der Waals surface area contributed by atoms with Crippen LogP contribution in [0.2, 0.25) is 0 Å². The summed E-state index contributed by atoms with van der Waals surface area (Å²) in [4.78, 5) is 15.7. The number of rotatable bonds is 3. The average Bonchev–Trinajstić information content (AvgIpc) is 2.83. The molecule has 1 aromatic heterocycles. The van der Waals surface area contributed by atoms with Gasteiger partial charge in [0.1, 0.15) is 22.2 Å². The van der Waals surface area contributed by atoms with Crippen LogP contribution in [0.3, 0.4) is 0 Å². The van der Waals surface area contributed by atoms with Gasteiger partial charge in [-0.1, -0.05) is 0 Å². The lowest BCUT2D eigenvalue weighted by molar-refractivity contribution is 0.102. The number of hydrogen-bond acceptors (Lipinski definition) is 4. The van der Waals surface area contributed by atoms with Crippen molar-refractivity contribution in [1.29, 1.82) is 0 Å². The first-order chi connectivity index (χ1) is 9.38. The zero-order chi connectivity index (χ0) is 14.9. The number of nitrogens with two attached hydrogens (primary N) is 1. The number of carbonyl (C=O) groups is 1. The van der Waals surface area contributed by atoms with Crippen molar-refractivity contribution in [3.05, 3.63) is 45.7 Å². The van der Waals surface area contributed by atoms with Crippen LogP contribution < -0.4 is 11.1 Å². The van der Waals surface area contributed by atoms with Crippen molar-refractivity contribution in [1.82, 2.24) is 4.98 Å². The molecule has 0 aliphatic carbocycles. The van der Waals surface area contributed by atoms with E-state index in [0.717, 1.165) is 11.3 Å². The number of aromatic nitrogens is 1. The molecule has 1 heterocycles. The topological polar surface area (TPSA) is 68.0 Å². The maximum absolute atomic E-state index is 13.4. The minimum absolute atomic E-state index is 0.00887. The van der Waals surface area contributed by atoms with Crippen molar-refractivity contribution in [3.8, 4) is 0 Å². The van der Waals surface area contributed by atoms with Crippen LogP contribution in [0.4, 0.5) is 18.9 Å². The van der Waals surface area contributed by atoms with Gasteiger partial charge in [-0.15, -0.1) is 11.3 Å². The third-order valence-corrected chi connectivity index (χ3v) is 3.44. The fourth-order valence-electron chi connectivity index (χ4n) is 1.44. The molecule has 0 aliphatic heterocycles. The quantitative estimate of drug-likeness (QED) is 0.916. The normalized spacial score (nSPS) is 12.2. The lowest BCUT2D eigenvalue weighted by Crippen LogP contribution is -2.15. The zero-order valence-electron chi connectivity index (χ0n) is 10.3. The Morgan fingerprint density at radius 1 is 1.35 bits per heavy atom. The van der Waals surface area contributed by atoms with Gasteiger partial charge in [-0.2, -0.15) is 0 Å². The summed E-state index contributed by atoms with van der Waals surface area (Å²) in [5.41, 5.74) is 4.87. The molecular formula is C12H10F3N3OS. The number of halogens is 3. The fourth-order valence-corrected chi connectivity index (χ4v) is 2.20. The molecule has 106 valence electrons. The van der Waals surface area contributed by atoms with Gasteiger partial charge in [-0.05, 0) is 6.92 Å². The van der Waals surface area contributed by atoms with Gasteiger partial charge in [0, 0.05) is 17.5 Å². The Labute approximate surface area is 116 Å².